The van der Waals surface area contributed by atoms with Gasteiger partial charge in [0, 0.05) is 70.0 Å². The number of benzene rings is 1. The predicted octanol–water partition coefficient (Wildman–Crippen LogP) is 3.14. The van der Waals surface area contributed by atoms with E-state index in [4.69, 9.17) is 0 Å². The molecule has 0 radical (unpaired) electrons. The van der Waals surface area contributed by atoms with Gasteiger partial charge in [0.25, 0.3) is 5.91 Å². The lowest BCUT2D eigenvalue weighted by atomic mass is 10.0. The van der Waals surface area contributed by atoms with Gasteiger partial charge in [-0.05, 0) is 50.1 Å². The van der Waals surface area contributed by atoms with Gasteiger partial charge in [-0.1, -0.05) is 31.2 Å². The third-order valence-electron chi connectivity index (χ3n) is 7.02. The predicted molar refractivity (Wildman–Crippen MR) is 135 cm³/mol. The molecule has 1 aromatic heterocycles. The highest BCUT2D eigenvalue weighted by Crippen LogP contribution is 2.20. The zero-order valence-corrected chi connectivity index (χ0v) is 20.3. The van der Waals surface area contributed by atoms with Crippen molar-refractivity contribution in [1.82, 2.24) is 19.7 Å². The zero-order chi connectivity index (χ0) is 23.8. The van der Waals surface area contributed by atoms with Crippen LogP contribution in [0, 0.1) is 0 Å². The Balaban J connectivity index is 1.23. The van der Waals surface area contributed by atoms with Crippen molar-refractivity contribution in [2.75, 3.05) is 57.3 Å². The molecular formula is C27H37N5O2. The lowest BCUT2D eigenvalue weighted by molar-refractivity contribution is -0.132. The first-order valence-electron chi connectivity index (χ1n) is 12.7. The molecule has 0 bridgehead atoms. The van der Waals surface area contributed by atoms with E-state index in [1.807, 2.05) is 64.5 Å². The minimum Gasteiger partial charge on any atom is -0.353 e. The molecule has 34 heavy (non-hydrogen) atoms. The van der Waals surface area contributed by atoms with Gasteiger partial charge in [0.15, 0.2) is 0 Å². The molecule has 3 heterocycles. The van der Waals surface area contributed by atoms with Crippen molar-refractivity contribution in [1.29, 1.82) is 0 Å². The molecule has 0 aliphatic carbocycles. The fourth-order valence-corrected chi connectivity index (χ4v) is 5.08. The average molecular weight is 464 g/mol. The minimum atomic E-state index is 0.126. The van der Waals surface area contributed by atoms with Crippen LogP contribution in [-0.2, 0) is 4.79 Å². The number of nitrogens with zero attached hydrogens (tertiary/aromatic N) is 5. The first-order valence-corrected chi connectivity index (χ1v) is 12.7. The summed E-state index contributed by atoms with van der Waals surface area (Å²) in [6.07, 6.45) is 5.38. The van der Waals surface area contributed by atoms with Crippen LogP contribution in [0.25, 0.3) is 0 Å². The molecule has 0 N–H and O–H groups in total. The third kappa shape index (κ3) is 6.14. The molecule has 2 saturated heterocycles. The van der Waals surface area contributed by atoms with Gasteiger partial charge in [0.2, 0.25) is 5.91 Å². The Morgan fingerprint density at radius 3 is 2.24 bits per heavy atom. The highest BCUT2D eigenvalue weighted by Gasteiger charge is 2.28. The van der Waals surface area contributed by atoms with Gasteiger partial charge >= 0.3 is 0 Å². The summed E-state index contributed by atoms with van der Waals surface area (Å²) in [5.74, 6) is 1.36. The third-order valence-corrected chi connectivity index (χ3v) is 7.02. The number of amides is 2. The van der Waals surface area contributed by atoms with E-state index in [1.54, 1.807) is 0 Å². The van der Waals surface area contributed by atoms with E-state index < -0.39 is 0 Å². The van der Waals surface area contributed by atoms with Crippen LogP contribution in [0.5, 0.6) is 0 Å². The maximum Gasteiger partial charge on any atom is 0.253 e. The van der Waals surface area contributed by atoms with E-state index >= 15 is 0 Å². The van der Waals surface area contributed by atoms with Gasteiger partial charge in [-0.2, -0.15) is 0 Å². The number of carbonyl (C=O) groups excluding carboxylic acids is 2. The van der Waals surface area contributed by atoms with Gasteiger partial charge < -0.3 is 14.7 Å². The quantitative estimate of drug-likeness (QED) is 0.602. The number of pyridine rings is 1. The van der Waals surface area contributed by atoms with E-state index in [-0.39, 0.29) is 11.8 Å². The lowest BCUT2D eigenvalue weighted by Crippen LogP contribution is -2.50. The van der Waals surface area contributed by atoms with Crippen molar-refractivity contribution in [3.05, 3.63) is 60.3 Å². The summed E-state index contributed by atoms with van der Waals surface area (Å²) in [6.45, 7) is 8.71. The summed E-state index contributed by atoms with van der Waals surface area (Å²) in [7, 11) is 0. The molecule has 0 atom stereocenters. The first-order chi connectivity index (χ1) is 16.7. The molecule has 2 aliphatic rings. The smallest absolute Gasteiger partial charge is 0.253 e. The van der Waals surface area contributed by atoms with E-state index in [1.165, 1.54) is 0 Å². The highest BCUT2D eigenvalue weighted by molar-refractivity contribution is 5.94. The summed E-state index contributed by atoms with van der Waals surface area (Å²) in [4.78, 5) is 38.8. The molecular weight excluding hydrogens is 426 g/mol. The van der Waals surface area contributed by atoms with E-state index in [0.29, 0.717) is 12.5 Å². The number of piperazine rings is 1. The van der Waals surface area contributed by atoms with E-state index in [9.17, 15) is 9.59 Å². The minimum absolute atomic E-state index is 0.126. The van der Waals surface area contributed by atoms with Gasteiger partial charge in [-0.15, -0.1) is 0 Å². The van der Waals surface area contributed by atoms with Gasteiger partial charge in [-0.3, -0.25) is 14.5 Å². The Morgan fingerprint density at radius 2 is 1.59 bits per heavy atom. The standard InChI is InChI=1S/C27H37N5O2/c1-2-15-29(24-11-16-32(17-12-24)27(34)23-8-4-3-5-9-23)18-13-26(33)31-21-19-30(20-22-31)25-10-6-7-14-28-25/h3-10,14,24H,2,11-13,15-22H2,1H3. The number of carbonyl (C=O) groups is 2. The summed E-state index contributed by atoms with van der Waals surface area (Å²) in [6, 6.07) is 15.9. The molecule has 0 unspecified atom stereocenters. The maximum absolute atomic E-state index is 12.9. The molecule has 7 heteroatoms. The molecule has 4 rings (SSSR count). The Hall–Kier alpha value is -2.93. The molecule has 1 aromatic carbocycles. The largest absolute Gasteiger partial charge is 0.353 e. The fraction of sp³-hybridized carbons (Fsp3) is 0.519. The van der Waals surface area contributed by atoms with Gasteiger partial charge in [0.05, 0.1) is 0 Å². The molecule has 7 nitrogen and oxygen atoms in total. The van der Waals surface area contributed by atoms with Crippen LogP contribution in [0.4, 0.5) is 5.82 Å². The Kier molecular flexibility index (Phi) is 8.52. The van der Waals surface area contributed by atoms with Crippen LogP contribution in [0.3, 0.4) is 0 Å². The molecule has 2 fully saturated rings. The Morgan fingerprint density at radius 1 is 0.882 bits per heavy atom. The zero-order valence-electron chi connectivity index (χ0n) is 20.3. The summed E-state index contributed by atoms with van der Waals surface area (Å²) in [5, 5.41) is 0. The van der Waals surface area contributed by atoms with Crippen LogP contribution >= 0.6 is 0 Å². The van der Waals surface area contributed by atoms with Crippen molar-refractivity contribution in [3.8, 4) is 0 Å². The van der Waals surface area contributed by atoms with Crippen LogP contribution in [0.1, 0.15) is 43.0 Å². The lowest BCUT2D eigenvalue weighted by Gasteiger charge is -2.39. The normalized spacial score (nSPS) is 17.3. The van der Waals surface area contributed by atoms with E-state index in [0.717, 1.165) is 83.0 Å². The second-order valence-electron chi connectivity index (χ2n) is 9.23. The van der Waals surface area contributed by atoms with Crippen molar-refractivity contribution in [3.63, 3.8) is 0 Å². The summed E-state index contributed by atoms with van der Waals surface area (Å²) in [5.41, 5.74) is 0.764. The highest BCUT2D eigenvalue weighted by atomic mass is 16.2. The SMILES string of the molecule is CCCN(CCC(=O)N1CCN(c2ccccn2)CC1)C1CCN(C(=O)c2ccccc2)CC1. The van der Waals surface area contributed by atoms with Crippen LogP contribution in [-0.4, -0.2) is 89.9 Å². The monoisotopic (exact) mass is 463 g/mol. The second kappa shape index (κ2) is 12.0. The molecule has 0 saturated carbocycles. The molecule has 0 spiro atoms. The summed E-state index contributed by atoms with van der Waals surface area (Å²) < 4.78 is 0. The van der Waals surface area contributed by atoms with Gasteiger partial charge in [0.1, 0.15) is 5.82 Å². The van der Waals surface area contributed by atoms with E-state index in [2.05, 4.69) is 21.7 Å². The number of hydrogen-bond acceptors (Lipinski definition) is 5. The second-order valence-corrected chi connectivity index (χ2v) is 9.23. The van der Waals surface area contributed by atoms with Crippen LogP contribution < -0.4 is 4.90 Å². The first kappa shape index (κ1) is 24.2. The number of aromatic nitrogens is 1. The van der Waals surface area contributed by atoms with Crippen LogP contribution in [0.15, 0.2) is 54.7 Å². The number of likely N-dealkylation sites (tertiary alicyclic amines) is 1. The Bertz CT molecular complexity index is 907. The molecule has 2 aliphatic heterocycles. The van der Waals surface area contributed by atoms with Crippen molar-refractivity contribution >= 4 is 17.6 Å². The number of hydrogen-bond donors (Lipinski definition) is 0. The maximum atomic E-state index is 12.9. The van der Waals surface area contributed by atoms with Gasteiger partial charge in [-0.25, -0.2) is 4.98 Å². The summed E-state index contributed by atoms with van der Waals surface area (Å²) >= 11 is 0. The molecule has 2 amide bonds. The average Bonchev–Trinajstić information content (AvgIpc) is 2.91. The molecule has 182 valence electrons. The number of rotatable bonds is 8. The Labute approximate surface area is 203 Å². The fourth-order valence-electron chi connectivity index (χ4n) is 5.08. The number of piperidine rings is 1. The van der Waals surface area contributed by atoms with Crippen LogP contribution in [0.2, 0.25) is 0 Å². The molecule has 2 aromatic rings. The van der Waals surface area contributed by atoms with Crippen molar-refractivity contribution in [2.45, 2.75) is 38.6 Å². The number of anilines is 1. The van der Waals surface area contributed by atoms with Crippen molar-refractivity contribution in [2.24, 2.45) is 0 Å². The topological polar surface area (TPSA) is 60.0 Å². The van der Waals surface area contributed by atoms with Crippen molar-refractivity contribution < 1.29 is 9.59 Å².